The Bertz CT molecular complexity index is 1020. The summed E-state index contributed by atoms with van der Waals surface area (Å²) in [5.74, 6) is 1.44. The highest BCUT2D eigenvalue weighted by Gasteiger charge is 2.08. The first kappa shape index (κ1) is 26.0. The Morgan fingerprint density at radius 3 is 1.68 bits per heavy atom. The van der Waals surface area contributed by atoms with Gasteiger partial charge in [0.2, 0.25) is 0 Å². The van der Waals surface area contributed by atoms with Gasteiger partial charge in [-0.15, -0.1) is 0 Å². The zero-order valence-corrected chi connectivity index (χ0v) is 18.7. The summed E-state index contributed by atoms with van der Waals surface area (Å²) < 4.78 is 18.4. The number of hydrogen-bond donors (Lipinski definition) is 0. The Morgan fingerprint density at radius 2 is 1.23 bits per heavy atom. The van der Waals surface area contributed by atoms with Gasteiger partial charge >= 0.3 is 0 Å². The summed E-state index contributed by atoms with van der Waals surface area (Å²) in [6.45, 7) is 20.6. The second-order valence-corrected chi connectivity index (χ2v) is 8.04. The molecule has 0 aliphatic heterocycles. The van der Waals surface area contributed by atoms with Crippen LogP contribution in [0.25, 0.3) is 4.85 Å². The van der Waals surface area contributed by atoms with E-state index in [1.54, 1.807) is 18.2 Å². The fraction of sp³-hybridized carbons (Fsp3) is 0.269. The number of halogens is 1. The summed E-state index contributed by atoms with van der Waals surface area (Å²) >= 11 is 0. The van der Waals surface area contributed by atoms with Crippen LogP contribution in [0.1, 0.15) is 18.6 Å². The first-order valence-electron chi connectivity index (χ1n) is 10.2. The molecule has 31 heavy (non-hydrogen) atoms. The largest absolute Gasteiger partial charge is 0.457 e. The third kappa shape index (κ3) is 7.64. The molecule has 0 saturated heterocycles. The molecule has 0 N–H and O–H groups in total. The van der Waals surface area contributed by atoms with Crippen LogP contribution in [0.4, 0.5) is 10.1 Å². The van der Waals surface area contributed by atoms with Crippen molar-refractivity contribution in [3.05, 3.63) is 89.0 Å². The monoisotopic (exact) mass is 415 g/mol. The smallest absolute Gasteiger partial charge is 0.187 e. The first-order valence-corrected chi connectivity index (χ1v) is 10.2. The molecule has 0 aliphatic rings. The van der Waals surface area contributed by atoms with Crippen LogP contribution in [0.2, 0.25) is 27.3 Å². The van der Waals surface area contributed by atoms with Crippen molar-refractivity contribution < 1.29 is 9.13 Å². The molecule has 3 aromatic rings. The van der Waals surface area contributed by atoms with Crippen molar-refractivity contribution in [2.45, 2.75) is 48.6 Å². The molecule has 160 valence electrons. The van der Waals surface area contributed by atoms with Gasteiger partial charge in [0.1, 0.15) is 17.3 Å². The van der Waals surface area contributed by atoms with E-state index in [2.05, 4.69) is 51.2 Å². The van der Waals surface area contributed by atoms with E-state index in [0.717, 1.165) is 17.1 Å². The highest BCUT2D eigenvalue weighted by molar-refractivity contribution is 6.71. The number of ether oxygens (including phenoxy) is 1. The van der Waals surface area contributed by atoms with E-state index in [4.69, 9.17) is 11.3 Å². The third-order valence-corrected chi connectivity index (χ3v) is 4.92. The summed E-state index contributed by atoms with van der Waals surface area (Å²) in [4.78, 5) is 3.36. The average molecular weight is 415 g/mol. The van der Waals surface area contributed by atoms with Crippen molar-refractivity contribution in [1.82, 2.24) is 0 Å². The Labute approximate surface area is 188 Å². The van der Waals surface area contributed by atoms with Gasteiger partial charge in [-0.25, -0.2) is 9.24 Å². The Morgan fingerprint density at radius 1 is 0.742 bits per heavy atom. The normalized spacial score (nSPS) is 9.48. The van der Waals surface area contributed by atoms with Crippen molar-refractivity contribution in [1.29, 1.82) is 0 Å². The highest BCUT2D eigenvalue weighted by atomic mass is 19.1. The van der Waals surface area contributed by atoms with Gasteiger partial charge < -0.3 is 4.74 Å². The minimum atomic E-state index is -0.146. The van der Waals surface area contributed by atoms with E-state index in [1.807, 2.05) is 31.2 Å². The maximum atomic E-state index is 12.6. The van der Waals surface area contributed by atoms with Gasteiger partial charge in [-0.05, 0) is 50.2 Å². The van der Waals surface area contributed by atoms with Crippen LogP contribution in [0.15, 0.2) is 60.7 Å². The highest BCUT2D eigenvalue weighted by Crippen LogP contribution is 2.24. The summed E-state index contributed by atoms with van der Waals surface area (Å²) in [6, 6.07) is 18.3. The summed E-state index contributed by atoms with van der Waals surface area (Å²) in [6.07, 6.45) is 0. The zero-order valence-electron chi connectivity index (χ0n) is 18.7. The molecular formula is C26H32B2FNO. The molecule has 3 rings (SSSR count). The van der Waals surface area contributed by atoms with Gasteiger partial charge in [0.05, 0.1) is 6.57 Å². The van der Waals surface area contributed by atoms with E-state index in [-0.39, 0.29) is 13.2 Å². The maximum Gasteiger partial charge on any atom is 0.187 e. The number of benzene rings is 3. The molecule has 0 aromatic heterocycles. The molecule has 5 heteroatoms. The lowest BCUT2D eigenvalue weighted by molar-refractivity contribution is 0.482. The first-order chi connectivity index (χ1) is 14.2. The summed E-state index contributed by atoms with van der Waals surface area (Å²) in [5.41, 5.74) is 5.48. The molecule has 2 nitrogen and oxygen atoms in total. The molecule has 0 heterocycles. The van der Waals surface area contributed by atoms with Crippen LogP contribution in [0.5, 0.6) is 11.5 Å². The van der Waals surface area contributed by atoms with E-state index < -0.39 is 0 Å². The number of rotatable bonds is 4. The molecule has 0 bridgehead atoms. The fourth-order valence-corrected chi connectivity index (χ4v) is 3.37. The van der Waals surface area contributed by atoms with Crippen LogP contribution in [0, 0.1) is 26.2 Å². The lowest BCUT2D eigenvalue weighted by Crippen LogP contribution is -2.25. The van der Waals surface area contributed by atoms with Gasteiger partial charge in [-0.2, -0.15) is 0 Å². The molecule has 0 atom stereocenters. The summed E-state index contributed by atoms with van der Waals surface area (Å²) in [7, 11) is 0. The number of aryl methyl sites for hydroxylation is 2. The Kier molecular flexibility index (Phi) is 10.1. The Balaban J connectivity index is 0.000000344. The minimum absolute atomic E-state index is 0. The second-order valence-electron chi connectivity index (χ2n) is 8.04. The average Bonchev–Trinajstić information content (AvgIpc) is 2.68. The van der Waals surface area contributed by atoms with E-state index in [9.17, 15) is 4.39 Å². The molecule has 0 saturated carbocycles. The molecule has 0 fully saturated rings. The minimum Gasteiger partial charge on any atom is -0.457 e. The van der Waals surface area contributed by atoms with Gasteiger partial charge in [0, 0.05) is 0 Å². The predicted molar refractivity (Wildman–Crippen MR) is 136 cm³/mol. The molecule has 3 aromatic carbocycles. The molecular weight excluding hydrogens is 383 g/mol. The molecule has 0 unspecified atom stereocenters. The van der Waals surface area contributed by atoms with E-state index >= 15 is 0 Å². The maximum absolute atomic E-state index is 12.6. The molecule has 0 aliphatic carbocycles. The van der Waals surface area contributed by atoms with Crippen LogP contribution < -0.4 is 15.7 Å². The number of hydrogen-bond acceptors (Lipinski definition) is 1. The molecule has 0 amide bonds. The van der Waals surface area contributed by atoms with E-state index in [0.29, 0.717) is 19.1 Å². The van der Waals surface area contributed by atoms with Gasteiger partial charge in [-0.1, -0.05) is 81.0 Å². The van der Waals surface area contributed by atoms with Crippen LogP contribution in [-0.4, -0.2) is 13.4 Å². The van der Waals surface area contributed by atoms with Crippen LogP contribution in [0.3, 0.4) is 0 Å². The van der Waals surface area contributed by atoms with Gasteiger partial charge in [-0.3, -0.25) is 0 Å². The molecule has 0 spiro atoms. The second kappa shape index (κ2) is 12.0. The molecule has 0 radical (unpaired) electrons. The topological polar surface area (TPSA) is 13.6 Å². The zero-order chi connectivity index (χ0) is 22.3. The van der Waals surface area contributed by atoms with Crippen molar-refractivity contribution in [2.24, 2.45) is 0 Å². The van der Waals surface area contributed by atoms with Crippen molar-refractivity contribution in [3.8, 4) is 11.5 Å². The quantitative estimate of drug-likeness (QED) is 0.330. The van der Waals surface area contributed by atoms with Gasteiger partial charge in [0.15, 0.2) is 19.1 Å². The van der Waals surface area contributed by atoms with Gasteiger partial charge in [0.25, 0.3) is 0 Å². The fourth-order valence-electron chi connectivity index (χ4n) is 3.37. The lowest BCUT2D eigenvalue weighted by Gasteiger charge is -2.11. The SMILES string of the molecule is C.CB(C)c1ccc(F)cc1C.[C-]#[N+]c1ccc(Oc2ccc(B(C)C)c(C)c2)cc1. The van der Waals surface area contributed by atoms with Crippen molar-refractivity contribution in [2.75, 3.05) is 0 Å². The lowest BCUT2D eigenvalue weighted by atomic mass is 9.48. The van der Waals surface area contributed by atoms with Crippen LogP contribution in [-0.2, 0) is 0 Å². The predicted octanol–water partition coefficient (Wildman–Crippen LogP) is 7.03. The number of nitrogens with zero attached hydrogens (tertiary/aromatic N) is 1. The van der Waals surface area contributed by atoms with E-state index in [1.165, 1.54) is 22.6 Å². The van der Waals surface area contributed by atoms with Crippen LogP contribution >= 0.6 is 0 Å². The van der Waals surface area contributed by atoms with Crippen molar-refractivity contribution in [3.63, 3.8) is 0 Å². The third-order valence-electron chi connectivity index (χ3n) is 4.92. The Hall–Kier alpha value is -2.99. The summed E-state index contributed by atoms with van der Waals surface area (Å²) in [5, 5.41) is 0. The van der Waals surface area contributed by atoms with Crippen molar-refractivity contribution >= 4 is 30.0 Å². The standard InChI is InChI=1S/C16H16BNO.C9H12BF.CH4/c1-12-11-15(9-10-16(12)17(2)3)19-14-7-5-13(18-4)6-8-14;1-7-6-8(11)4-5-9(7)10(2)3;/h5-11H,1-3H3;4-6H,1-3H3;1H4.